The Hall–Kier alpha value is -3.12. The van der Waals surface area contributed by atoms with Crippen molar-refractivity contribution < 1.29 is 0 Å². The molecule has 4 aromatic rings. The Morgan fingerprint density at radius 3 is 1.18 bits per heavy atom. The van der Waals surface area contributed by atoms with E-state index in [4.69, 9.17) is 0 Å². The Bertz CT molecular complexity index is 1320. The first-order chi connectivity index (χ1) is 16.7. The molecule has 0 aromatic heterocycles. The Morgan fingerprint density at radius 1 is 0.441 bits per heavy atom. The molecule has 6 rings (SSSR count). The second-order valence-corrected chi connectivity index (χ2v) is 9.06. The maximum Gasteiger partial charge on any atom is -0.00205 e. The van der Waals surface area contributed by atoms with E-state index >= 15 is 0 Å². The van der Waals surface area contributed by atoms with Gasteiger partial charge in [0, 0.05) is 0 Å². The maximum atomic E-state index is 2.34. The lowest BCUT2D eigenvalue weighted by Crippen LogP contribution is -1.96. The van der Waals surface area contributed by atoms with Gasteiger partial charge in [0.05, 0.1) is 0 Å². The average molecular weight is 447 g/mol. The van der Waals surface area contributed by atoms with Gasteiger partial charge in [-0.05, 0) is 94.1 Å². The molecule has 0 N–H and O–H groups in total. The maximum absolute atomic E-state index is 2.34. The molecule has 0 amide bonds. The Balaban J connectivity index is 0.000000652. The molecule has 0 heterocycles. The van der Waals surface area contributed by atoms with E-state index in [1.165, 1.54) is 78.6 Å². The monoisotopic (exact) mass is 446 g/mol. The number of rotatable bonds is 2. The first-order valence-electron chi connectivity index (χ1n) is 13.1. The van der Waals surface area contributed by atoms with Gasteiger partial charge in [-0.15, -0.1) is 0 Å². The third-order valence-corrected chi connectivity index (χ3v) is 7.07. The molecule has 0 saturated heterocycles. The van der Waals surface area contributed by atoms with Crippen LogP contribution in [0.15, 0.2) is 84.0 Å². The Labute approximate surface area is 205 Å². The van der Waals surface area contributed by atoms with Crippen molar-refractivity contribution in [1.82, 2.24) is 0 Å². The van der Waals surface area contributed by atoms with Gasteiger partial charge in [0.2, 0.25) is 0 Å². The molecule has 0 fully saturated rings. The molecule has 0 atom stereocenters. The second kappa shape index (κ2) is 10.4. The molecule has 0 bridgehead atoms. The van der Waals surface area contributed by atoms with Crippen LogP contribution in [0, 0.1) is 0 Å². The van der Waals surface area contributed by atoms with Crippen LogP contribution in [0.2, 0.25) is 0 Å². The minimum Gasteiger partial charge on any atom is -0.0730 e. The Kier molecular flexibility index (Phi) is 7.37. The third-order valence-electron chi connectivity index (χ3n) is 7.07. The number of benzene rings is 4. The summed E-state index contributed by atoms with van der Waals surface area (Å²) in [6, 6.07) is 18.6. The summed E-state index contributed by atoms with van der Waals surface area (Å²) >= 11 is 0. The van der Waals surface area contributed by atoms with Crippen molar-refractivity contribution in [1.29, 1.82) is 0 Å². The molecule has 4 aromatic carbocycles. The predicted octanol–water partition coefficient (Wildman–Crippen LogP) is 10.9. The fourth-order valence-electron chi connectivity index (χ4n) is 5.29. The minimum atomic E-state index is 1.14. The summed E-state index contributed by atoms with van der Waals surface area (Å²) in [6.45, 7) is 12.5. The number of allylic oxidation sites excluding steroid dienone is 8. The molecule has 0 aliphatic heterocycles. The van der Waals surface area contributed by atoms with Crippen LogP contribution in [-0.2, 0) is 0 Å². The summed E-state index contributed by atoms with van der Waals surface area (Å²) in [5, 5.41) is 8.35. The van der Waals surface area contributed by atoms with Crippen molar-refractivity contribution in [2.75, 3.05) is 0 Å². The van der Waals surface area contributed by atoms with Gasteiger partial charge in [-0.3, -0.25) is 0 Å². The van der Waals surface area contributed by atoms with Gasteiger partial charge in [-0.25, -0.2) is 0 Å². The minimum absolute atomic E-state index is 1.14. The van der Waals surface area contributed by atoms with E-state index in [1.54, 1.807) is 0 Å². The van der Waals surface area contributed by atoms with Crippen LogP contribution in [0.4, 0.5) is 0 Å². The highest BCUT2D eigenvalue weighted by Crippen LogP contribution is 2.42. The lowest BCUT2D eigenvalue weighted by atomic mass is 9.84. The largest absolute Gasteiger partial charge is 0.0730 e. The fourth-order valence-corrected chi connectivity index (χ4v) is 5.29. The molecule has 0 nitrogen and oxygen atoms in total. The van der Waals surface area contributed by atoms with Gasteiger partial charge < -0.3 is 0 Å². The van der Waals surface area contributed by atoms with E-state index in [-0.39, 0.29) is 0 Å². The van der Waals surface area contributed by atoms with Crippen LogP contribution in [0.1, 0.15) is 78.4 Å². The average Bonchev–Trinajstić information content (AvgIpc) is 2.90. The van der Waals surface area contributed by atoms with Crippen molar-refractivity contribution in [2.45, 2.75) is 67.2 Å². The zero-order chi connectivity index (χ0) is 24.2. The molecule has 0 saturated carbocycles. The lowest BCUT2D eigenvalue weighted by Gasteiger charge is -2.20. The van der Waals surface area contributed by atoms with Gasteiger partial charge in [0.25, 0.3) is 0 Å². The third kappa shape index (κ3) is 4.23. The molecule has 2 aliphatic carbocycles. The zero-order valence-corrected chi connectivity index (χ0v) is 21.8. The number of hydrogen-bond donors (Lipinski definition) is 0. The zero-order valence-electron chi connectivity index (χ0n) is 21.8. The quantitative estimate of drug-likeness (QED) is 0.269. The fraction of sp³-hybridized carbons (Fsp3) is 0.294. The summed E-state index contributed by atoms with van der Waals surface area (Å²) in [7, 11) is 0. The van der Waals surface area contributed by atoms with Gasteiger partial charge in [0.1, 0.15) is 0 Å². The first kappa shape index (κ1) is 24.0. The molecular formula is C34H38. The van der Waals surface area contributed by atoms with Crippen LogP contribution in [-0.4, -0.2) is 0 Å². The van der Waals surface area contributed by atoms with Crippen LogP contribution >= 0.6 is 0 Å². The predicted molar refractivity (Wildman–Crippen MR) is 155 cm³/mol. The van der Waals surface area contributed by atoms with Gasteiger partial charge >= 0.3 is 0 Å². The SMILES string of the molecule is CC.CC.CC1=CC=C(c2ccc3ccc4c(C5=CC=C(C)CC5)ccc5ccc2c3c54)CC1. The topological polar surface area (TPSA) is 0 Å². The van der Waals surface area contributed by atoms with E-state index < -0.39 is 0 Å². The molecule has 174 valence electrons. The van der Waals surface area contributed by atoms with Crippen molar-refractivity contribution in [2.24, 2.45) is 0 Å². The highest BCUT2D eigenvalue weighted by atomic mass is 14.2. The normalized spacial score (nSPS) is 15.6. The molecule has 34 heavy (non-hydrogen) atoms. The highest BCUT2D eigenvalue weighted by Gasteiger charge is 2.17. The van der Waals surface area contributed by atoms with E-state index in [0.29, 0.717) is 0 Å². The lowest BCUT2D eigenvalue weighted by molar-refractivity contribution is 0.978. The molecular weight excluding hydrogens is 408 g/mol. The van der Waals surface area contributed by atoms with Gasteiger partial charge in [0.15, 0.2) is 0 Å². The van der Waals surface area contributed by atoms with E-state index in [2.05, 4.69) is 86.7 Å². The Morgan fingerprint density at radius 2 is 0.824 bits per heavy atom. The summed E-state index contributed by atoms with van der Waals surface area (Å²) < 4.78 is 0. The van der Waals surface area contributed by atoms with Crippen molar-refractivity contribution in [3.05, 3.63) is 95.1 Å². The molecule has 0 spiro atoms. The van der Waals surface area contributed by atoms with Gasteiger partial charge in [-0.1, -0.05) is 112 Å². The van der Waals surface area contributed by atoms with Crippen molar-refractivity contribution in [3.63, 3.8) is 0 Å². The van der Waals surface area contributed by atoms with Crippen molar-refractivity contribution >= 4 is 43.5 Å². The summed E-state index contributed by atoms with van der Waals surface area (Å²) in [6.07, 6.45) is 13.8. The molecule has 0 heteroatoms. The molecule has 0 radical (unpaired) electrons. The second-order valence-electron chi connectivity index (χ2n) is 9.06. The number of hydrogen-bond acceptors (Lipinski definition) is 0. The first-order valence-corrected chi connectivity index (χ1v) is 13.1. The van der Waals surface area contributed by atoms with Crippen LogP contribution < -0.4 is 0 Å². The van der Waals surface area contributed by atoms with Crippen molar-refractivity contribution in [3.8, 4) is 0 Å². The molecule has 0 unspecified atom stereocenters. The smallest absolute Gasteiger partial charge is 0.00205 e. The van der Waals surface area contributed by atoms with Crippen LogP contribution in [0.5, 0.6) is 0 Å². The molecule has 2 aliphatic rings. The summed E-state index contributed by atoms with van der Waals surface area (Å²) in [5.41, 5.74) is 8.70. The highest BCUT2D eigenvalue weighted by molar-refractivity contribution is 6.26. The van der Waals surface area contributed by atoms with E-state index in [9.17, 15) is 0 Å². The van der Waals surface area contributed by atoms with E-state index in [1.807, 2.05) is 27.7 Å². The van der Waals surface area contributed by atoms with Crippen LogP contribution in [0.25, 0.3) is 43.5 Å². The van der Waals surface area contributed by atoms with Crippen LogP contribution in [0.3, 0.4) is 0 Å². The summed E-state index contributed by atoms with van der Waals surface area (Å²) in [5.74, 6) is 0. The van der Waals surface area contributed by atoms with Gasteiger partial charge in [-0.2, -0.15) is 0 Å². The standard InChI is InChI=1S/C30H26.2C2H6/c1-19-3-7-21(8-4-19)25-15-11-23-14-18-28-26(22-9-5-20(2)6-10-22)16-12-24-13-17-27(25)29(23)30(24)28;2*1-2/h3,5,7,9,11-18H,4,6,8,10H2,1-2H3;2*1-2H3. The van der Waals surface area contributed by atoms with E-state index in [0.717, 1.165) is 12.8 Å². The summed E-state index contributed by atoms with van der Waals surface area (Å²) in [4.78, 5) is 0.